The lowest BCUT2D eigenvalue weighted by Gasteiger charge is -2.31. The number of aromatic nitrogens is 2. The van der Waals surface area contributed by atoms with Crippen molar-refractivity contribution in [3.63, 3.8) is 0 Å². The number of rotatable bonds is 6. The number of nitrogens with one attached hydrogen (secondary N) is 1. The number of carbonyl (C=O) groups excluding carboxylic acids is 2. The zero-order valence-corrected chi connectivity index (χ0v) is 17.5. The molecule has 0 bridgehead atoms. The lowest BCUT2D eigenvalue weighted by Crippen LogP contribution is -2.38. The Hall–Kier alpha value is -2.19. The second-order valence-electron chi connectivity index (χ2n) is 7.47. The number of likely N-dealkylation sites (tertiary alicyclic amines) is 1. The molecule has 0 unspecified atom stereocenters. The normalized spacial score (nSPS) is 20.1. The van der Waals surface area contributed by atoms with Crippen LogP contribution >= 0.6 is 22.9 Å². The quantitative estimate of drug-likeness (QED) is 0.745. The first kappa shape index (κ1) is 20.1. The van der Waals surface area contributed by atoms with Gasteiger partial charge in [0.1, 0.15) is 12.4 Å². The summed E-state index contributed by atoms with van der Waals surface area (Å²) in [5, 5.41) is 12.6. The van der Waals surface area contributed by atoms with Gasteiger partial charge in [0.05, 0.1) is 5.92 Å². The van der Waals surface area contributed by atoms with Crippen LogP contribution in [0.4, 0.5) is 5.13 Å². The fourth-order valence-electron chi connectivity index (χ4n) is 3.90. The van der Waals surface area contributed by atoms with E-state index >= 15 is 0 Å². The number of amides is 2. The number of halogens is 1. The summed E-state index contributed by atoms with van der Waals surface area (Å²) in [5.74, 6) is 0.272. The van der Waals surface area contributed by atoms with E-state index in [1.807, 2.05) is 4.90 Å². The number of anilines is 1. The molecule has 1 aliphatic heterocycles. The van der Waals surface area contributed by atoms with Gasteiger partial charge in [-0.05, 0) is 37.1 Å². The highest BCUT2D eigenvalue weighted by atomic mass is 35.5. The third-order valence-corrected chi connectivity index (χ3v) is 6.48. The first-order valence-corrected chi connectivity index (χ1v) is 11.1. The van der Waals surface area contributed by atoms with E-state index < -0.39 is 0 Å². The average Bonchev–Trinajstić information content (AvgIpc) is 3.34. The Morgan fingerprint density at radius 2 is 1.97 bits per heavy atom. The van der Waals surface area contributed by atoms with E-state index in [0.717, 1.165) is 25.7 Å². The predicted molar refractivity (Wildman–Crippen MR) is 111 cm³/mol. The number of ether oxygens (including phenoxy) is 1. The van der Waals surface area contributed by atoms with Gasteiger partial charge in [0.25, 0.3) is 0 Å². The van der Waals surface area contributed by atoms with Crippen LogP contribution in [0.2, 0.25) is 5.02 Å². The summed E-state index contributed by atoms with van der Waals surface area (Å²) in [6, 6.07) is 7.36. The Bertz CT molecular complexity index is 867. The molecule has 1 saturated heterocycles. The maximum Gasteiger partial charge on any atom is 0.231 e. The number of benzene rings is 1. The number of carbonyl (C=O) groups is 2. The Labute approximate surface area is 178 Å². The molecule has 1 aromatic heterocycles. The molecule has 0 radical (unpaired) electrons. The Kier molecular flexibility index (Phi) is 6.30. The van der Waals surface area contributed by atoms with Crippen LogP contribution < -0.4 is 10.1 Å². The maximum atomic E-state index is 12.6. The molecular formula is C20H23ClN4O3S. The van der Waals surface area contributed by atoms with Gasteiger partial charge in [-0.2, -0.15) is 0 Å². The molecule has 2 aromatic rings. The molecule has 154 valence electrons. The summed E-state index contributed by atoms with van der Waals surface area (Å²) in [4.78, 5) is 26.9. The molecule has 0 spiro atoms. The summed E-state index contributed by atoms with van der Waals surface area (Å²) in [5.41, 5.74) is 0. The molecule has 9 heteroatoms. The molecular weight excluding hydrogens is 412 g/mol. The molecule has 2 heterocycles. The zero-order valence-electron chi connectivity index (χ0n) is 16.0. The van der Waals surface area contributed by atoms with Crippen molar-refractivity contribution in [2.24, 2.45) is 5.92 Å². The summed E-state index contributed by atoms with van der Waals surface area (Å²) in [6.45, 7) is 0.757. The third kappa shape index (κ3) is 5.05. The van der Waals surface area contributed by atoms with E-state index in [2.05, 4.69) is 15.5 Å². The van der Waals surface area contributed by atoms with E-state index in [-0.39, 0.29) is 30.8 Å². The topological polar surface area (TPSA) is 84.4 Å². The molecule has 2 amide bonds. The van der Waals surface area contributed by atoms with E-state index in [0.29, 0.717) is 33.5 Å². The SMILES string of the molecule is O=C(Nc1nnc(COc2ccc(Cl)cc2)s1)[C@H]1CC(=O)N(C2CCCCC2)C1. The Balaban J connectivity index is 1.28. The van der Waals surface area contributed by atoms with Gasteiger partial charge in [-0.3, -0.25) is 9.59 Å². The smallest absolute Gasteiger partial charge is 0.231 e. The fraction of sp³-hybridized carbons (Fsp3) is 0.500. The summed E-state index contributed by atoms with van der Waals surface area (Å²) in [6.07, 6.45) is 5.94. The van der Waals surface area contributed by atoms with Crippen LogP contribution in [0.25, 0.3) is 0 Å². The van der Waals surface area contributed by atoms with Crippen LogP contribution in [-0.4, -0.2) is 39.5 Å². The van der Waals surface area contributed by atoms with Gasteiger partial charge >= 0.3 is 0 Å². The summed E-state index contributed by atoms with van der Waals surface area (Å²) >= 11 is 7.12. The third-order valence-electron chi connectivity index (χ3n) is 5.42. The summed E-state index contributed by atoms with van der Waals surface area (Å²) < 4.78 is 5.65. The van der Waals surface area contributed by atoms with Crippen molar-refractivity contribution < 1.29 is 14.3 Å². The van der Waals surface area contributed by atoms with Crippen LogP contribution in [-0.2, 0) is 16.2 Å². The van der Waals surface area contributed by atoms with E-state index in [1.165, 1.54) is 17.8 Å². The molecule has 1 N–H and O–H groups in total. The lowest BCUT2D eigenvalue weighted by atomic mass is 9.94. The lowest BCUT2D eigenvalue weighted by molar-refractivity contribution is -0.130. The standard InChI is InChI=1S/C20H23ClN4O3S/c21-14-6-8-16(9-7-14)28-12-17-23-24-20(29-17)22-19(27)13-10-18(26)25(11-13)15-4-2-1-3-5-15/h6-9,13,15H,1-5,10-12H2,(H,22,24,27)/t13-/m0/s1. The van der Waals surface area contributed by atoms with Gasteiger partial charge in [-0.1, -0.05) is 42.2 Å². The minimum atomic E-state index is -0.331. The predicted octanol–water partition coefficient (Wildman–Crippen LogP) is 3.89. The van der Waals surface area contributed by atoms with E-state index in [4.69, 9.17) is 16.3 Å². The van der Waals surface area contributed by atoms with Crippen molar-refractivity contribution in [1.29, 1.82) is 0 Å². The minimum absolute atomic E-state index is 0.0892. The molecule has 29 heavy (non-hydrogen) atoms. The van der Waals surface area contributed by atoms with Gasteiger partial charge in [-0.25, -0.2) is 0 Å². The molecule has 1 saturated carbocycles. The van der Waals surface area contributed by atoms with Crippen LogP contribution in [0, 0.1) is 5.92 Å². The van der Waals surface area contributed by atoms with E-state index in [9.17, 15) is 9.59 Å². The van der Waals surface area contributed by atoms with Gasteiger partial charge < -0.3 is 15.0 Å². The van der Waals surface area contributed by atoms with Crippen molar-refractivity contribution in [2.75, 3.05) is 11.9 Å². The van der Waals surface area contributed by atoms with Crippen molar-refractivity contribution in [3.8, 4) is 5.75 Å². The van der Waals surface area contributed by atoms with Crippen molar-refractivity contribution in [3.05, 3.63) is 34.3 Å². The van der Waals surface area contributed by atoms with Crippen molar-refractivity contribution in [2.45, 2.75) is 51.2 Å². The average molecular weight is 435 g/mol. The maximum absolute atomic E-state index is 12.6. The molecule has 1 atom stereocenters. The molecule has 1 aliphatic carbocycles. The number of nitrogens with zero attached hydrogens (tertiary/aromatic N) is 3. The zero-order chi connectivity index (χ0) is 20.2. The van der Waals surface area contributed by atoms with Gasteiger partial charge in [0.15, 0.2) is 5.01 Å². The van der Waals surface area contributed by atoms with Crippen LogP contribution in [0.3, 0.4) is 0 Å². The monoisotopic (exact) mass is 434 g/mol. The van der Waals surface area contributed by atoms with Crippen molar-refractivity contribution >= 4 is 39.9 Å². The minimum Gasteiger partial charge on any atom is -0.486 e. The van der Waals surface area contributed by atoms with Crippen LogP contribution in [0.1, 0.15) is 43.5 Å². The van der Waals surface area contributed by atoms with Crippen molar-refractivity contribution in [1.82, 2.24) is 15.1 Å². The summed E-state index contributed by atoms with van der Waals surface area (Å²) in [7, 11) is 0. The van der Waals surface area contributed by atoms with Crippen LogP contribution in [0.15, 0.2) is 24.3 Å². The second-order valence-corrected chi connectivity index (χ2v) is 8.97. The molecule has 1 aromatic carbocycles. The molecule has 4 rings (SSSR count). The molecule has 7 nitrogen and oxygen atoms in total. The van der Waals surface area contributed by atoms with E-state index in [1.54, 1.807) is 24.3 Å². The van der Waals surface area contributed by atoms with Gasteiger partial charge in [0, 0.05) is 24.0 Å². The highest BCUT2D eigenvalue weighted by molar-refractivity contribution is 7.15. The highest BCUT2D eigenvalue weighted by Crippen LogP contribution is 2.29. The first-order valence-electron chi connectivity index (χ1n) is 9.89. The fourth-order valence-corrected chi connectivity index (χ4v) is 4.68. The molecule has 2 aliphatic rings. The Morgan fingerprint density at radius 3 is 2.72 bits per heavy atom. The largest absolute Gasteiger partial charge is 0.486 e. The van der Waals surface area contributed by atoms with Gasteiger partial charge in [0.2, 0.25) is 16.9 Å². The number of hydrogen-bond acceptors (Lipinski definition) is 6. The molecule has 2 fully saturated rings. The van der Waals surface area contributed by atoms with Gasteiger partial charge in [-0.15, -0.1) is 10.2 Å². The highest BCUT2D eigenvalue weighted by Gasteiger charge is 2.38. The number of hydrogen-bond donors (Lipinski definition) is 1. The van der Waals surface area contributed by atoms with Crippen LogP contribution in [0.5, 0.6) is 5.75 Å². The first-order chi connectivity index (χ1) is 14.1. The second kappa shape index (κ2) is 9.09. The Morgan fingerprint density at radius 1 is 1.21 bits per heavy atom.